The van der Waals surface area contributed by atoms with E-state index in [9.17, 15) is 9.59 Å². The lowest BCUT2D eigenvalue weighted by molar-refractivity contribution is -0.135. The first-order chi connectivity index (χ1) is 14.4. The molecule has 3 rings (SSSR count). The van der Waals surface area contributed by atoms with Gasteiger partial charge in [0, 0.05) is 5.92 Å². The first kappa shape index (κ1) is 23.9. The molecule has 0 fully saturated rings. The average molecular weight is 449 g/mol. The lowest BCUT2D eigenvalue weighted by Crippen LogP contribution is -2.65. The molecule has 0 N–H and O–H groups in total. The van der Waals surface area contributed by atoms with Crippen LogP contribution in [-0.2, 0) is 9.22 Å². The van der Waals surface area contributed by atoms with Crippen LogP contribution in [0.3, 0.4) is 0 Å². The van der Waals surface area contributed by atoms with E-state index < -0.39 is 19.8 Å². The zero-order valence-electron chi connectivity index (χ0n) is 20.1. The van der Waals surface area contributed by atoms with Crippen LogP contribution >= 0.6 is 0 Å². The van der Waals surface area contributed by atoms with Crippen LogP contribution in [0.4, 0.5) is 0 Å². The van der Waals surface area contributed by atoms with Crippen molar-refractivity contribution in [2.24, 2.45) is 5.92 Å². The molecule has 1 unspecified atom stereocenters. The van der Waals surface area contributed by atoms with Crippen molar-refractivity contribution in [1.82, 2.24) is 10.1 Å². The number of carbonyl (C=O) groups is 2. The van der Waals surface area contributed by atoms with Crippen molar-refractivity contribution in [3.05, 3.63) is 23.5 Å². The van der Waals surface area contributed by atoms with E-state index in [0.717, 1.165) is 12.8 Å². The summed E-state index contributed by atoms with van der Waals surface area (Å²) in [5.74, 6) is -0.441. The number of hydrogen-bond acceptors (Lipinski definition) is 7. The van der Waals surface area contributed by atoms with Crippen molar-refractivity contribution in [3.63, 3.8) is 0 Å². The number of carbonyl (C=O) groups excluding carboxylic acids is 2. The molecular weight excluding hydrogens is 412 g/mol. The number of aromatic nitrogens is 1. The van der Waals surface area contributed by atoms with Gasteiger partial charge in [0.15, 0.2) is 25.5 Å². The van der Waals surface area contributed by atoms with E-state index in [4.69, 9.17) is 13.7 Å². The van der Waals surface area contributed by atoms with Crippen molar-refractivity contribution in [2.45, 2.75) is 76.7 Å². The third-order valence-corrected chi connectivity index (χ3v) is 11.4. The number of ether oxygens (including phenoxy) is 1. The van der Waals surface area contributed by atoms with Crippen LogP contribution in [-0.4, -0.2) is 56.2 Å². The minimum Gasteiger partial charge on any atom is -0.475 e. The molecule has 0 saturated carbocycles. The van der Waals surface area contributed by atoms with E-state index >= 15 is 0 Å². The molecule has 31 heavy (non-hydrogen) atoms. The quantitative estimate of drug-likeness (QED) is 0.343. The van der Waals surface area contributed by atoms with E-state index in [1.165, 1.54) is 6.08 Å². The molecule has 3 atom stereocenters. The smallest absolute Gasteiger partial charge is 0.265 e. The topological polar surface area (TPSA) is 81.9 Å². The Kier molecular flexibility index (Phi) is 6.39. The van der Waals surface area contributed by atoms with E-state index in [1.54, 1.807) is 0 Å². The summed E-state index contributed by atoms with van der Waals surface area (Å²) in [5.41, 5.74) is -1.33. The summed E-state index contributed by atoms with van der Waals surface area (Å²) in [6.07, 6.45) is 5.68. The van der Waals surface area contributed by atoms with Crippen LogP contribution in [0.2, 0.25) is 18.1 Å². The second kappa shape index (κ2) is 8.29. The number of ketones is 2. The maximum absolute atomic E-state index is 14.1. The summed E-state index contributed by atoms with van der Waals surface area (Å²) < 4.78 is 18.3. The Bertz CT molecular complexity index is 883. The number of hydrogen-bond donors (Lipinski definition) is 0. The highest BCUT2D eigenvalue weighted by atomic mass is 28.4. The molecule has 1 aromatic rings. The molecule has 0 bridgehead atoms. The zero-order chi connectivity index (χ0) is 23.2. The van der Waals surface area contributed by atoms with Gasteiger partial charge < -0.3 is 13.7 Å². The maximum Gasteiger partial charge on any atom is 0.265 e. The summed E-state index contributed by atoms with van der Waals surface area (Å²) in [4.78, 5) is 29.6. The summed E-state index contributed by atoms with van der Waals surface area (Å²) in [7, 11) is 1.35. The van der Waals surface area contributed by atoms with Gasteiger partial charge >= 0.3 is 0 Å². The molecule has 0 radical (unpaired) electrons. The lowest BCUT2D eigenvalue weighted by Gasteiger charge is -2.51. The molecule has 0 aliphatic heterocycles. The zero-order valence-corrected chi connectivity index (χ0v) is 21.1. The predicted molar refractivity (Wildman–Crippen MR) is 121 cm³/mol. The molecule has 0 saturated heterocycles. The number of allylic oxidation sites excluding steroid dienone is 1. The SMILES string of the molecule is CCCCOc1noc2c1C(=O)[C@@]1(O[Si](C)(C)C(C)(C)C)C(=O)C=CCC1[C@@H]2N(C)C. The molecule has 1 aromatic heterocycles. The molecular formula is C23H36N2O5Si. The Labute approximate surface area is 186 Å². The number of fused-ring (bicyclic) bond motifs is 2. The molecule has 0 amide bonds. The fourth-order valence-corrected chi connectivity index (χ4v) is 5.68. The van der Waals surface area contributed by atoms with Crippen molar-refractivity contribution in [3.8, 4) is 5.88 Å². The van der Waals surface area contributed by atoms with Crippen LogP contribution in [0, 0.1) is 5.92 Å². The van der Waals surface area contributed by atoms with Gasteiger partial charge in [0.25, 0.3) is 5.88 Å². The number of nitrogens with zero attached hydrogens (tertiary/aromatic N) is 2. The van der Waals surface area contributed by atoms with Crippen molar-refractivity contribution in [1.29, 1.82) is 0 Å². The van der Waals surface area contributed by atoms with Crippen molar-refractivity contribution < 1.29 is 23.3 Å². The van der Waals surface area contributed by atoms with Gasteiger partial charge in [-0.15, -0.1) is 0 Å². The molecule has 7 nitrogen and oxygen atoms in total. The molecule has 0 spiro atoms. The number of Topliss-reactive ketones (excluding diaryl/α,β-unsaturated/α-hetero) is 1. The standard InChI is InChI=1S/C23H36N2O5Si/c1-9-10-14-28-21-17-19(29-24-21)18(25(5)6)15-12-11-13-16(26)23(15,20(17)27)30-31(7,8)22(2,3)4/h11,13,15,18H,9-10,12,14H2,1-8H3/t15?,18-,23-/m0/s1. The van der Waals surface area contributed by atoms with E-state index in [1.807, 2.05) is 25.1 Å². The van der Waals surface area contributed by atoms with Crippen LogP contribution in [0.25, 0.3) is 0 Å². The highest BCUT2D eigenvalue weighted by Crippen LogP contribution is 2.53. The van der Waals surface area contributed by atoms with Gasteiger partial charge in [0.1, 0.15) is 5.56 Å². The molecule has 1 heterocycles. The first-order valence-corrected chi connectivity index (χ1v) is 14.0. The summed E-state index contributed by atoms with van der Waals surface area (Å²) >= 11 is 0. The predicted octanol–water partition coefficient (Wildman–Crippen LogP) is 4.56. The Morgan fingerprint density at radius 3 is 2.55 bits per heavy atom. The molecule has 2 aliphatic rings. The van der Waals surface area contributed by atoms with Gasteiger partial charge in [-0.2, -0.15) is 0 Å². The Hall–Kier alpha value is -1.77. The van der Waals surface area contributed by atoms with Gasteiger partial charge in [0.05, 0.1) is 12.6 Å². The van der Waals surface area contributed by atoms with E-state index in [0.29, 0.717) is 18.8 Å². The maximum atomic E-state index is 14.1. The Balaban J connectivity index is 2.20. The molecule has 172 valence electrons. The highest BCUT2D eigenvalue weighted by molar-refractivity contribution is 6.74. The third-order valence-electron chi connectivity index (χ3n) is 6.96. The monoisotopic (exact) mass is 448 g/mol. The molecule has 0 aromatic carbocycles. The largest absolute Gasteiger partial charge is 0.475 e. The second-order valence-electron chi connectivity index (χ2n) is 10.4. The third kappa shape index (κ3) is 3.83. The second-order valence-corrected chi connectivity index (χ2v) is 15.1. The van der Waals surface area contributed by atoms with Gasteiger partial charge in [-0.25, -0.2) is 0 Å². The number of unbranched alkanes of at least 4 members (excludes halogenated alkanes) is 1. The molecule has 8 heteroatoms. The normalized spacial score (nSPS) is 26.2. The van der Waals surface area contributed by atoms with Crippen molar-refractivity contribution in [2.75, 3.05) is 20.7 Å². The summed E-state index contributed by atoms with van der Waals surface area (Å²) in [5, 5.41) is 3.92. The first-order valence-electron chi connectivity index (χ1n) is 11.1. The fraction of sp³-hybridized carbons (Fsp3) is 0.696. The Morgan fingerprint density at radius 1 is 1.29 bits per heavy atom. The van der Waals surface area contributed by atoms with Crippen LogP contribution < -0.4 is 4.74 Å². The summed E-state index contributed by atoms with van der Waals surface area (Å²) in [6.45, 7) is 13.0. The lowest BCUT2D eigenvalue weighted by atomic mass is 9.65. The van der Waals surface area contributed by atoms with Crippen LogP contribution in [0.1, 0.15) is 69.1 Å². The van der Waals surface area contributed by atoms with E-state index in [-0.39, 0.29) is 34.1 Å². The van der Waals surface area contributed by atoms with Crippen LogP contribution in [0.5, 0.6) is 5.88 Å². The van der Waals surface area contributed by atoms with Crippen molar-refractivity contribution >= 4 is 19.9 Å². The van der Waals surface area contributed by atoms with Gasteiger partial charge in [-0.3, -0.25) is 14.5 Å². The minimum atomic E-state index is -2.49. The fourth-order valence-electron chi connectivity index (χ4n) is 4.23. The van der Waals surface area contributed by atoms with E-state index in [2.05, 4.69) is 45.9 Å². The van der Waals surface area contributed by atoms with Gasteiger partial charge in [0.2, 0.25) is 5.78 Å². The van der Waals surface area contributed by atoms with Gasteiger partial charge in [-0.1, -0.05) is 40.2 Å². The Morgan fingerprint density at radius 2 is 1.97 bits per heavy atom. The number of rotatable bonds is 7. The highest BCUT2D eigenvalue weighted by Gasteiger charge is 2.65. The molecule has 2 aliphatic carbocycles. The average Bonchev–Trinajstić information content (AvgIpc) is 3.06. The minimum absolute atomic E-state index is 0.166. The van der Waals surface area contributed by atoms with Crippen LogP contribution in [0.15, 0.2) is 16.7 Å². The van der Waals surface area contributed by atoms with Gasteiger partial charge in [-0.05, 0) is 56.3 Å². The summed E-state index contributed by atoms with van der Waals surface area (Å²) in [6, 6.07) is -0.331.